The molecule has 3 rings (SSSR count). The smallest absolute Gasteiger partial charge is 0.222 e. The topological polar surface area (TPSA) is 32.3 Å². The normalized spacial score (nSPS) is 20.9. The molecule has 1 heterocycles. The average molecular weight is 351 g/mol. The number of piperidine rings is 1. The summed E-state index contributed by atoms with van der Waals surface area (Å²) in [5, 5.41) is 3.25. The Balaban J connectivity index is 1.62. The van der Waals surface area contributed by atoms with Crippen LogP contribution >= 0.6 is 0 Å². The van der Waals surface area contributed by atoms with Crippen LogP contribution in [0.25, 0.3) is 0 Å². The van der Waals surface area contributed by atoms with Crippen molar-refractivity contribution in [3.05, 3.63) is 71.8 Å². The van der Waals surface area contributed by atoms with Crippen molar-refractivity contribution in [3.8, 4) is 0 Å². The van der Waals surface area contributed by atoms with Crippen molar-refractivity contribution in [1.29, 1.82) is 0 Å². The van der Waals surface area contributed by atoms with Crippen LogP contribution in [0.5, 0.6) is 0 Å². The second-order valence-corrected chi connectivity index (χ2v) is 7.78. The molecule has 0 aromatic heterocycles. The van der Waals surface area contributed by atoms with Gasteiger partial charge < -0.3 is 10.2 Å². The van der Waals surface area contributed by atoms with Gasteiger partial charge in [0.15, 0.2) is 0 Å². The van der Waals surface area contributed by atoms with E-state index in [0.717, 1.165) is 42.6 Å². The van der Waals surface area contributed by atoms with Crippen molar-refractivity contribution in [1.82, 2.24) is 10.2 Å². The fraction of sp³-hybridized carbons (Fsp3) is 0.435. The van der Waals surface area contributed by atoms with Crippen molar-refractivity contribution < 1.29 is 4.79 Å². The number of nitrogens with zero attached hydrogens (tertiary/aromatic N) is 1. The van der Waals surface area contributed by atoms with Gasteiger partial charge in [-0.3, -0.25) is 4.79 Å². The van der Waals surface area contributed by atoms with Crippen LogP contribution in [0.2, 0.25) is 0 Å². The minimum Gasteiger partial charge on any atom is -0.345 e. The van der Waals surface area contributed by atoms with Gasteiger partial charge in [0, 0.05) is 26.1 Å². The van der Waals surface area contributed by atoms with Crippen LogP contribution in [0.15, 0.2) is 60.7 Å². The molecule has 1 amide bonds. The van der Waals surface area contributed by atoms with E-state index in [0.29, 0.717) is 6.42 Å². The summed E-state index contributed by atoms with van der Waals surface area (Å²) in [6, 6.07) is 20.3. The summed E-state index contributed by atoms with van der Waals surface area (Å²) in [6.45, 7) is 7.68. The van der Waals surface area contributed by atoms with Crippen LogP contribution in [0.4, 0.5) is 0 Å². The predicted molar refractivity (Wildman–Crippen MR) is 107 cm³/mol. The van der Waals surface area contributed by atoms with Gasteiger partial charge in [-0.05, 0) is 29.4 Å². The first-order valence-corrected chi connectivity index (χ1v) is 9.73. The van der Waals surface area contributed by atoms with Gasteiger partial charge >= 0.3 is 0 Å². The Hall–Kier alpha value is -2.13. The molecule has 0 bridgehead atoms. The van der Waals surface area contributed by atoms with Crippen molar-refractivity contribution in [2.24, 2.45) is 11.8 Å². The highest BCUT2D eigenvalue weighted by Crippen LogP contribution is 2.23. The lowest BCUT2D eigenvalue weighted by molar-refractivity contribution is -0.122. The SMILES string of the molecule is C[C@H]1C[C@H](C)CN(CCC(=O)NC(c2ccccc2)c2ccccc2)C1. The molecule has 1 fully saturated rings. The van der Waals surface area contributed by atoms with Crippen molar-refractivity contribution >= 4 is 5.91 Å². The third kappa shape index (κ3) is 5.18. The van der Waals surface area contributed by atoms with E-state index in [2.05, 4.69) is 48.3 Å². The maximum absolute atomic E-state index is 12.7. The highest BCUT2D eigenvalue weighted by atomic mass is 16.1. The number of carbonyl (C=O) groups excluding carboxylic acids is 1. The van der Waals surface area contributed by atoms with Gasteiger partial charge in [0.2, 0.25) is 5.91 Å². The fourth-order valence-corrected chi connectivity index (χ4v) is 4.12. The van der Waals surface area contributed by atoms with Gasteiger partial charge in [0.05, 0.1) is 6.04 Å². The zero-order chi connectivity index (χ0) is 18.4. The number of carbonyl (C=O) groups is 1. The summed E-state index contributed by atoms with van der Waals surface area (Å²) < 4.78 is 0. The first-order chi connectivity index (χ1) is 12.6. The number of likely N-dealkylation sites (tertiary alicyclic amines) is 1. The van der Waals surface area contributed by atoms with Crippen LogP contribution in [0, 0.1) is 11.8 Å². The molecule has 26 heavy (non-hydrogen) atoms. The third-order valence-corrected chi connectivity index (χ3v) is 5.17. The Bertz CT molecular complexity index is 636. The molecule has 138 valence electrons. The molecule has 2 atom stereocenters. The third-order valence-electron chi connectivity index (χ3n) is 5.17. The molecule has 2 aromatic carbocycles. The highest BCUT2D eigenvalue weighted by molar-refractivity contribution is 5.77. The summed E-state index contributed by atoms with van der Waals surface area (Å²) in [5.74, 6) is 1.57. The van der Waals surface area contributed by atoms with E-state index in [1.54, 1.807) is 0 Å². The number of nitrogens with one attached hydrogen (secondary N) is 1. The summed E-state index contributed by atoms with van der Waals surface area (Å²) in [4.78, 5) is 15.1. The molecule has 0 radical (unpaired) electrons. The Morgan fingerprint density at radius 2 is 1.46 bits per heavy atom. The Labute approximate surface area is 157 Å². The number of benzene rings is 2. The summed E-state index contributed by atoms with van der Waals surface area (Å²) in [5.41, 5.74) is 2.24. The predicted octanol–water partition coefficient (Wildman–Crippen LogP) is 4.26. The number of amides is 1. The van der Waals surface area contributed by atoms with Crippen LogP contribution in [0.3, 0.4) is 0 Å². The first kappa shape index (κ1) is 18.7. The van der Waals surface area contributed by atoms with Gasteiger partial charge in [0.1, 0.15) is 0 Å². The Kier molecular flexibility index (Phi) is 6.45. The lowest BCUT2D eigenvalue weighted by atomic mass is 9.92. The minimum absolute atomic E-state index is 0.0934. The number of rotatable bonds is 6. The lowest BCUT2D eigenvalue weighted by Crippen LogP contribution is -2.41. The zero-order valence-electron chi connectivity index (χ0n) is 15.9. The maximum atomic E-state index is 12.7. The molecule has 1 N–H and O–H groups in total. The number of hydrogen-bond donors (Lipinski definition) is 1. The quantitative estimate of drug-likeness (QED) is 0.844. The molecule has 1 aliphatic rings. The molecule has 0 unspecified atom stereocenters. The second-order valence-electron chi connectivity index (χ2n) is 7.78. The van der Waals surface area contributed by atoms with Crippen molar-refractivity contribution in [2.75, 3.05) is 19.6 Å². The van der Waals surface area contributed by atoms with Crippen molar-refractivity contribution in [2.45, 2.75) is 32.7 Å². The van der Waals surface area contributed by atoms with Crippen LogP contribution < -0.4 is 5.32 Å². The van der Waals surface area contributed by atoms with E-state index >= 15 is 0 Å². The van der Waals surface area contributed by atoms with E-state index in [9.17, 15) is 4.79 Å². The minimum atomic E-state index is -0.0934. The second kappa shape index (κ2) is 9.00. The lowest BCUT2D eigenvalue weighted by Gasteiger charge is -2.34. The van der Waals surface area contributed by atoms with Gasteiger partial charge in [-0.25, -0.2) is 0 Å². The Morgan fingerprint density at radius 1 is 0.962 bits per heavy atom. The number of hydrogen-bond acceptors (Lipinski definition) is 2. The van der Waals surface area contributed by atoms with Crippen molar-refractivity contribution in [3.63, 3.8) is 0 Å². The van der Waals surface area contributed by atoms with Crippen LogP contribution in [0.1, 0.15) is 43.9 Å². The average Bonchev–Trinajstić information content (AvgIpc) is 2.65. The van der Waals surface area contributed by atoms with Gasteiger partial charge in [-0.1, -0.05) is 74.5 Å². The fourth-order valence-electron chi connectivity index (χ4n) is 4.12. The van der Waals surface area contributed by atoms with Gasteiger partial charge in [0.25, 0.3) is 0 Å². The van der Waals surface area contributed by atoms with E-state index in [-0.39, 0.29) is 11.9 Å². The standard InChI is InChI=1S/C23H30N2O/c1-18-15-19(2)17-25(16-18)14-13-22(26)24-23(20-9-5-3-6-10-20)21-11-7-4-8-12-21/h3-12,18-19,23H,13-17H2,1-2H3,(H,24,26)/t18-,19-/m0/s1. The molecular weight excluding hydrogens is 320 g/mol. The van der Waals surface area contributed by atoms with E-state index in [1.807, 2.05) is 36.4 Å². The van der Waals surface area contributed by atoms with Crippen LogP contribution in [-0.4, -0.2) is 30.4 Å². The van der Waals surface area contributed by atoms with Gasteiger partial charge in [-0.2, -0.15) is 0 Å². The summed E-state index contributed by atoms with van der Waals surface area (Å²) in [6.07, 6.45) is 1.85. The first-order valence-electron chi connectivity index (χ1n) is 9.73. The molecule has 2 aromatic rings. The van der Waals surface area contributed by atoms with E-state index in [1.165, 1.54) is 6.42 Å². The molecule has 0 saturated carbocycles. The summed E-state index contributed by atoms with van der Waals surface area (Å²) in [7, 11) is 0. The molecule has 1 aliphatic heterocycles. The molecule has 1 saturated heterocycles. The summed E-state index contributed by atoms with van der Waals surface area (Å²) >= 11 is 0. The highest BCUT2D eigenvalue weighted by Gasteiger charge is 2.22. The molecular formula is C23H30N2O. The van der Waals surface area contributed by atoms with Gasteiger partial charge in [-0.15, -0.1) is 0 Å². The largest absolute Gasteiger partial charge is 0.345 e. The Morgan fingerprint density at radius 3 is 1.96 bits per heavy atom. The molecule has 3 heteroatoms. The molecule has 0 spiro atoms. The zero-order valence-corrected chi connectivity index (χ0v) is 15.9. The van der Waals surface area contributed by atoms with E-state index < -0.39 is 0 Å². The molecule has 0 aliphatic carbocycles. The van der Waals surface area contributed by atoms with E-state index in [4.69, 9.17) is 0 Å². The maximum Gasteiger partial charge on any atom is 0.222 e. The molecule has 3 nitrogen and oxygen atoms in total. The monoisotopic (exact) mass is 350 g/mol. The van der Waals surface area contributed by atoms with Crippen LogP contribution in [-0.2, 0) is 4.79 Å².